The molecule has 0 radical (unpaired) electrons. The third kappa shape index (κ3) is 2.68. The molecule has 0 aromatic heterocycles. The summed E-state index contributed by atoms with van der Waals surface area (Å²) in [5.41, 5.74) is 3.35. The summed E-state index contributed by atoms with van der Waals surface area (Å²) in [6.45, 7) is 0. The van der Waals surface area contributed by atoms with Gasteiger partial charge in [0, 0.05) is 9.59 Å². The van der Waals surface area contributed by atoms with Crippen LogP contribution >= 0.6 is 19.9 Å². The predicted octanol–water partition coefficient (Wildman–Crippen LogP) is 1.49. The van der Waals surface area contributed by atoms with Crippen molar-refractivity contribution in [1.82, 2.24) is 5.43 Å². The zero-order valence-corrected chi connectivity index (χ0v) is 10.1. The monoisotopic (exact) mass is 275 g/mol. The van der Waals surface area contributed by atoms with Crippen LogP contribution in [0.4, 0.5) is 5.69 Å². The van der Waals surface area contributed by atoms with Crippen molar-refractivity contribution in [3.63, 3.8) is 0 Å². The van der Waals surface area contributed by atoms with E-state index in [-0.39, 0.29) is 5.76 Å². The molecule has 1 aliphatic heterocycles. The van der Waals surface area contributed by atoms with Crippen LogP contribution in [-0.2, 0) is 9.09 Å². The molecule has 6 nitrogen and oxygen atoms in total. The molecule has 0 spiro atoms. The average Bonchev–Trinajstić information content (AvgIpc) is 2.61. The van der Waals surface area contributed by atoms with E-state index in [4.69, 9.17) is 16.5 Å². The second kappa shape index (κ2) is 4.89. The first-order chi connectivity index (χ1) is 8.08. The number of rotatable bonds is 3. The van der Waals surface area contributed by atoms with Crippen molar-refractivity contribution in [1.29, 1.82) is 0 Å². The van der Waals surface area contributed by atoms with Crippen LogP contribution in [0.3, 0.4) is 0 Å². The summed E-state index contributed by atoms with van der Waals surface area (Å²) in [5, 5.41) is 11.8. The van der Waals surface area contributed by atoms with Crippen LogP contribution in [-0.4, -0.2) is 16.2 Å². The van der Waals surface area contributed by atoms with Gasteiger partial charge >= 0.3 is 8.25 Å². The Kier molecular flexibility index (Phi) is 3.49. The number of aliphatic hydroxyl groups excluding tert-OH is 1. The molecule has 1 heterocycles. The van der Waals surface area contributed by atoms with Gasteiger partial charge in [-0.2, -0.15) is 0 Å². The van der Waals surface area contributed by atoms with E-state index in [1.165, 1.54) is 11.2 Å². The third-order valence-corrected chi connectivity index (χ3v) is 2.75. The van der Waals surface area contributed by atoms with Gasteiger partial charge in [0.15, 0.2) is 0 Å². The molecule has 17 heavy (non-hydrogen) atoms. The predicted molar refractivity (Wildman–Crippen MR) is 62.1 cm³/mol. The normalized spacial score (nSPS) is 19.7. The maximum atomic E-state index is 10.5. The van der Waals surface area contributed by atoms with Gasteiger partial charge in [-0.05, 0) is 24.3 Å². The number of hydrazine groups is 1. The minimum Gasteiger partial charge on any atom is -0.365 e. The smallest absolute Gasteiger partial charge is 0.365 e. The lowest BCUT2D eigenvalue weighted by molar-refractivity contribution is 0.161. The Morgan fingerprint density at radius 1 is 1.41 bits per heavy atom. The molecule has 0 bridgehead atoms. The van der Waals surface area contributed by atoms with Crippen molar-refractivity contribution in [3.05, 3.63) is 41.2 Å². The molecule has 2 atom stereocenters. The Bertz CT molecular complexity index is 465. The van der Waals surface area contributed by atoms with E-state index >= 15 is 0 Å². The first-order valence-electron chi connectivity index (χ1n) is 4.61. The van der Waals surface area contributed by atoms with Crippen molar-refractivity contribution in [2.24, 2.45) is 0 Å². The molecular weight excluding hydrogens is 267 g/mol. The largest absolute Gasteiger partial charge is 0.747 e. The summed E-state index contributed by atoms with van der Waals surface area (Å²) in [6.07, 6.45) is 0.144. The van der Waals surface area contributed by atoms with Gasteiger partial charge in [-0.3, -0.25) is 10.4 Å². The van der Waals surface area contributed by atoms with Crippen molar-refractivity contribution in [2.45, 2.75) is 6.23 Å². The fourth-order valence-electron chi connectivity index (χ4n) is 1.39. The SMILES string of the molecule is O=[P+](O)OC1=CNN(c2ccc(Cl)cc2)C1O. The molecule has 90 valence electrons. The van der Waals surface area contributed by atoms with E-state index in [0.717, 1.165) is 0 Å². The Morgan fingerprint density at radius 2 is 2.06 bits per heavy atom. The molecule has 2 rings (SSSR count). The van der Waals surface area contributed by atoms with Crippen molar-refractivity contribution >= 4 is 25.5 Å². The molecule has 0 saturated heterocycles. The van der Waals surface area contributed by atoms with Crippen LogP contribution in [0.2, 0.25) is 5.02 Å². The highest BCUT2D eigenvalue weighted by atomic mass is 35.5. The van der Waals surface area contributed by atoms with E-state index in [1.54, 1.807) is 24.3 Å². The fourth-order valence-corrected chi connectivity index (χ4v) is 1.84. The fraction of sp³-hybridized carbons (Fsp3) is 0.111. The molecule has 0 aliphatic carbocycles. The summed E-state index contributed by atoms with van der Waals surface area (Å²) < 4.78 is 15.0. The molecule has 2 unspecified atom stereocenters. The highest BCUT2D eigenvalue weighted by molar-refractivity contribution is 7.32. The van der Waals surface area contributed by atoms with Gasteiger partial charge < -0.3 is 5.11 Å². The van der Waals surface area contributed by atoms with E-state index in [2.05, 4.69) is 9.95 Å². The molecule has 3 N–H and O–H groups in total. The van der Waals surface area contributed by atoms with E-state index in [9.17, 15) is 9.67 Å². The first kappa shape index (κ1) is 12.1. The Labute approximate surface area is 103 Å². The van der Waals surface area contributed by atoms with Gasteiger partial charge in [0.05, 0.1) is 11.9 Å². The number of hydrogen-bond donors (Lipinski definition) is 3. The summed E-state index contributed by atoms with van der Waals surface area (Å²) in [5.74, 6) is -0.0245. The second-order valence-electron chi connectivity index (χ2n) is 3.23. The molecular formula is C9H9ClN2O4P+. The number of nitrogens with one attached hydrogen (secondary N) is 1. The number of nitrogens with zero attached hydrogens (tertiary/aromatic N) is 1. The number of hydrogen-bond acceptors (Lipinski definition) is 5. The molecule has 1 aromatic rings. The zero-order valence-electron chi connectivity index (χ0n) is 8.45. The first-order valence-corrected chi connectivity index (χ1v) is 6.12. The maximum Gasteiger partial charge on any atom is 0.747 e. The Hall–Kier alpha value is -1.33. The van der Waals surface area contributed by atoms with Gasteiger partial charge in [-0.1, -0.05) is 11.6 Å². The lowest BCUT2D eigenvalue weighted by Crippen LogP contribution is -2.38. The summed E-state index contributed by atoms with van der Waals surface area (Å²) >= 11 is 5.74. The molecule has 0 fully saturated rings. The number of halogens is 1. The standard InChI is InChI=1S/C9H8ClN2O4P/c10-6-1-3-7(4-2-6)12-9(13)8(5-11-12)16-17(14)15/h1-5,9,11,13H/p+1. The van der Waals surface area contributed by atoms with Crippen molar-refractivity contribution < 1.29 is 19.1 Å². The highest BCUT2D eigenvalue weighted by Gasteiger charge is 2.33. The van der Waals surface area contributed by atoms with Crippen molar-refractivity contribution in [2.75, 3.05) is 5.01 Å². The molecule has 1 aliphatic rings. The van der Waals surface area contributed by atoms with Crippen molar-refractivity contribution in [3.8, 4) is 0 Å². The molecule has 0 amide bonds. The van der Waals surface area contributed by atoms with Gasteiger partial charge in [0.25, 0.3) is 0 Å². The van der Waals surface area contributed by atoms with E-state index < -0.39 is 14.5 Å². The molecule has 1 aromatic carbocycles. The minimum atomic E-state index is -2.80. The van der Waals surface area contributed by atoms with Crippen LogP contribution in [0.5, 0.6) is 0 Å². The van der Waals surface area contributed by atoms with Crippen LogP contribution in [0.25, 0.3) is 0 Å². The van der Waals surface area contributed by atoms with Gasteiger partial charge in [-0.25, -0.2) is 4.52 Å². The van der Waals surface area contributed by atoms with Crippen LogP contribution in [0, 0.1) is 0 Å². The van der Waals surface area contributed by atoms with Gasteiger partial charge in [-0.15, -0.1) is 4.89 Å². The van der Waals surface area contributed by atoms with Gasteiger partial charge in [0.2, 0.25) is 12.0 Å². The van der Waals surface area contributed by atoms with E-state index in [0.29, 0.717) is 10.7 Å². The third-order valence-electron chi connectivity index (χ3n) is 2.13. The number of anilines is 1. The molecule has 8 heteroatoms. The second-order valence-corrected chi connectivity index (χ2v) is 4.32. The van der Waals surface area contributed by atoms with Crippen LogP contribution in [0.15, 0.2) is 36.2 Å². The molecule has 0 saturated carbocycles. The quantitative estimate of drug-likeness (QED) is 0.725. The maximum absolute atomic E-state index is 10.5. The highest BCUT2D eigenvalue weighted by Crippen LogP contribution is 2.29. The summed E-state index contributed by atoms with van der Waals surface area (Å²) in [4.78, 5) is 8.60. The zero-order chi connectivity index (χ0) is 12.4. The number of aliphatic hydroxyl groups is 1. The average molecular weight is 276 g/mol. The van der Waals surface area contributed by atoms with E-state index in [1.807, 2.05) is 0 Å². The number of benzene rings is 1. The lowest BCUT2D eigenvalue weighted by atomic mass is 10.3. The Balaban J connectivity index is 2.11. The summed E-state index contributed by atoms with van der Waals surface area (Å²) in [7, 11) is -2.80. The lowest BCUT2D eigenvalue weighted by Gasteiger charge is -2.22. The minimum absolute atomic E-state index is 0.0245. The topological polar surface area (TPSA) is 82.0 Å². The Morgan fingerprint density at radius 3 is 2.65 bits per heavy atom. The van der Waals surface area contributed by atoms with Crippen LogP contribution in [0.1, 0.15) is 0 Å². The van der Waals surface area contributed by atoms with Crippen LogP contribution < -0.4 is 10.4 Å². The summed E-state index contributed by atoms with van der Waals surface area (Å²) in [6, 6.07) is 6.70. The van der Waals surface area contributed by atoms with Gasteiger partial charge in [0.1, 0.15) is 0 Å².